The molecule has 0 amide bonds. The second kappa shape index (κ2) is 4.79. The van der Waals surface area contributed by atoms with E-state index in [1.165, 1.54) is 24.3 Å². The average Bonchev–Trinajstić information content (AvgIpc) is 2.27. The lowest BCUT2D eigenvalue weighted by molar-refractivity contribution is -0.228. The smallest absolute Gasteiger partial charge is 0.367 e. The number of benzene rings is 1. The Morgan fingerprint density at radius 3 is 2.47 bits per heavy atom. The lowest BCUT2D eigenvalue weighted by Gasteiger charge is -1.98. The Labute approximate surface area is 85.4 Å². The highest BCUT2D eigenvalue weighted by atomic mass is 17.1. The Morgan fingerprint density at radius 1 is 1.40 bits per heavy atom. The number of hydrogen-bond donors (Lipinski definition) is 2. The zero-order chi connectivity index (χ0) is 11.3. The van der Waals surface area contributed by atoms with Gasteiger partial charge in [0.05, 0.1) is 5.57 Å². The van der Waals surface area contributed by atoms with Gasteiger partial charge in [0.1, 0.15) is 11.8 Å². The highest BCUT2D eigenvalue weighted by Gasteiger charge is 2.04. The molecular formula is C10H7NO4. The summed E-state index contributed by atoms with van der Waals surface area (Å²) in [5.74, 6) is -0.972. The van der Waals surface area contributed by atoms with Gasteiger partial charge in [-0.15, -0.1) is 0 Å². The van der Waals surface area contributed by atoms with Crippen molar-refractivity contribution in [1.29, 1.82) is 5.26 Å². The van der Waals surface area contributed by atoms with Gasteiger partial charge in [0.2, 0.25) is 0 Å². The van der Waals surface area contributed by atoms with Gasteiger partial charge < -0.3 is 5.11 Å². The second-order valence-corrected chi connectivity index (χ2v) is 2.63. The molecule has 0 bridgehead atoms. The molecule has 0 heterocycles. The fourth-order valence-corrected chi connectivity index (χ4v) is 0.965. The summed E-state index contributed by atoms with van der Waals surface area (Å²) in [7, 11) is 0. The lowest BCUT2D eigenvalue weighted by atomic mass is 10.1. The van der Waals surface area contributed by atoms with Gasteiger partial charge in [-0.05, 0) is 29.8 Å². The molecule has 0 fully saturated rings. The minimum atomic E-state index is -1.03. The van der Waals surface area contributed by atoms with E-state index >= 15 is 0 Å². The summed E-state index contributed by atoms with van der Waals surface area (Å²) in [6.07, 6.45) is 0.854. The van der Waals surface area contributed by atoms with Crippen molar-refractivity contribution in [1.82, 2.24) is 0 Å². The highest BCUT2D eigenvalue weighted by Crippen LogP contribution is 2.17. The fourth-order valence-electron chi connectivity index (χ4n) is 0.965. The Hall–Kier alpha value is -2.32. The molecule has 1 aromatic carbocycles. The van der Waals surface area contributed by atoms with Crippen LogP contribution in [0.4, 0.5) is 0 Å². The van der Waals surface area contributed by atoms with Crippen molar-refractivity contribution in [2.75, 3.05) is 0 Å². The summed E-state index contributed by atoms with van der Waals surface area (Å²) >= 11 is 0. The van der Waals surface area contributed by atoms with Crippen LogP contribution in [0.3, 0.4) is 0 Å². The molecule has 0 atom stereocenters. The second-order valence-electron chi connectivity index (χ2n) is 2.63. The van der Waals surface area contributed by atoms with Gasteiger partial charge in [0.25, 0.3) is 0 Å². The molecule has 1 aromatic rings. The number of phenols is 1. The topological polar surface area (TPSA) is 90.6 Å². The maximum absolute atomic E-state index is 10.7. The SMILES string of the molecule is N#CC(=CC(=O)OO)c1ccc(O)cc1. The molecule has 0 radical (unpaired) electrons. The van der Waals surface area contributed by atoms with Crippen LogP contribution in [0.1, 0.15) is 5.56 Å². The first-order valence-corrected chi connectivity index (χ1v) is 3.94. The standard InChI is InChI=1S/C10H7NO4/c11-6-8(5-10(13)15-14)7-1-3-9(12)4-2-7/h1-5,12,14H. The van der Waals surface area contributed by atoms with E-state index in [1.54, 1.807) is 6.07 Å². The quantitative estimate of drug-likeness (QED) is 0.329. The molecule has 5 nitrogen and oxygen atoms in total. The molecule has 5 heteroatoms. The van der Waals surface area contributed by atoms with Crippen molar-refractivity contribution >= 4 is 11.5 Å². The molecule has 0 aromatic heterocycles. The van der Waals surface area contributed by atoms with Crippen molar-refractivity contribution < 1.29 is 20.0 Å². The highest BCUT2D eigenvalue weighted by molar-refractivity contribution is 5.95. The van der Waals surface area contributed by atoms with E-state index in [9.17, 15) is 4.79 Å². The van der Waals surface area contributed by atoms with E-state index in [0.717, 1.165) is 6.08 Å². The molecule has 15 heavy (non-hydrogen) atoms. The Balaban J connectivity index is 3.04. The predicted octanol–water partition coefficient (Wildman–Crippen LogP) is 1.32. The zero-order valence-corrected chi connectivity index (χ0v) is 7.54. The van der Waals surface area contributed by atoms with Gasteiger partial charge in [0, 0.05) is 6.08 Å². The van der Waals surface area contributed by atoms with Crippen LogP contribution in [-0.2, 0) is 9.68 Å². The largest absolute Gasteiger partial charge is 0.508 e. The van der Waals surface area contributed by atoms with Crippen LogP contribution in [-0.4, -0.2) is 16.3 Å². The summed E-state index contributed by atoms with van der Waals surface area (Å²) in [6.45, 7) is 0. The molecule has 1 rings (SSSR count). The van der Waals surface area contributed by atoms with Gasteiger partial charge in [-0.2, -0.15) is 10.5 Å². The number of rotatable bonds is 2. The third-order valence-electron chi connectivity index (χ3n) is 1.65. The maximum Gasteiger partial charge on any atom is 0.367 e. The summed E-state index contributed by atoms with van der Waals surface area (Å²) in [4.78, 5) is 14.1. The molecule has 0 aliphatic rings. The van der Waals surface area contributed by atoms with E-state index in [4.69, 9.17) is 15.6 Å². The van der Waals surface area contributed by atoms with Crippen LogP contribution in [0.25, 0.3) is 5.57 Å². The van der Waals surface area contributed by atoms with E-state index in [-0.39, 0.29) is 11.3 Å². The number of nitrogens with zero attached hydrogens (tertiary/aromatic N) is 1. The van der Waals surface area contributed by atoms with E-state index in [2.05, 4.69) is 4.89 Å². The number of carbonyl (C=O) groups excluding carboxylic acids is 1. The van der Waals surface area contributed by atoms with Crippen LogP contribution in [0, 0.1) is 11.3 Å². The van der Waals surface area contributed by atoms with Crippen LogP contribution < -0.4 is 0 Å². The summed E-state index contributed by atoms with van der Waals surface area (Å²) in [6, 6.07) is 7.46. The molecule has 0 aliphatic carbocycles. The summed E-state index contributed by atoms with van der Waals surface area (Å²) in [5.41, 5.74) is 0.481. The van der Waals surface area contributed by atoms with Crippen LogP contribution in [0.5, 0.6) is 5.75 Å². The van der Waals surface area contributed by atoms with Gasteiger partial charge >= 0.3 is 5.97 Å². The van der Waals surface area contributed by atoms with Crippen LogP contribution in [0.2, 0.25) is 0 Å². The van der Waals surface area contributed by atoms with Crippen molar-refractivity contribution in [3.05, 3.63) is 35.9 Å². The molecule has 2 N–H and O–H groups in total. The number of nitriles is 1. The monoisotopic (exact) mass is 205 g/mol. The number of aromatic hydroxyl groups is 1. The van der Waals surface area contributed by atoms with Gasteiger partial charge in [-0.25, -0.2) is 4.79 Å². The number of allylic oxidation sites excluding steroid dienone is 1. The molecule has 76 valence electrons. The van der Waals surface area contributed by atoms with E-state index in [1.807, 2.05) is 0 Å². The first kappa shape index (κ1) is 10.8. The molecule has 0 unspecified atom stereocenters. The number of phenolic OH excluding ortho intramolecular Hbond substituents is 1. The van der Waals surface area contributed by atoms with Gasteiger partial charge in [-0.3, -0.25) is 4.89 Å². The lowest BCUT2D eigenvalue weighted by Crippen LogP contribution is -1.96. The average molecular weight is 205 g/mol. The Kier molecular flexibility index (Phi) is 3.43. The minimum Gasteiger partial charge on any atom is -0.508 e. The van der Waals surface area contributed by atoms with Crippen molar-refractivity contribution in [3.8, 4) is 11.8 Å². The summed E-state index contributed by atoms with van der Waals surface area (Å²) < 4.78 is 0. The first-order valence-electron chi connectivity index (χ1n) is 3.94. The molecule has 0 spiro atoms. The third kappa shape index (κ3) is 2.83. The maximum atomic E-state index is 10.7. The third-order valence-corrected chi connectivity index (χ3v) is 1.65. The van der Waals surface area contributed by atoms with Gasteiger partial charge in [0.15, 0.2) is 0 Å². The van der Waals surface area contributed by atoms with Crippen molar-refractivity contribution in [3.63, 3.8) is 0 Å². The molecule has 0 saturated carbocycles. The number of carbonyl (C=O) groups is 1. The van der Waals surface area contributed by atoms with E-state index < -0.39 is 5.97 Å². The van der Waals surface area contributed by atoms with Crippen molar-refractivity contribution in [2.24, 2.45) is 0 Å². The van der Waals surface area contributed by atoms with E-state index in [0.29, 0.717) is 5.56 Å². The van der Waals surface area contributed by atoms with Crippen LogP contribution >= 0.6 is 0 Å². The minimum absolute atomic E-state index is 0.0362. The predicted molar refractivity (Wildman–Crippen MR) is 50.4 cm³/mol. The number of hydrogen-bond acceptors (Lipinski definition) is 5. The summed E-state index contributed by atoms with van der Waals surface area (Å²) in [5, 5.41) is 25.8. The molecule has 0 aliphatic heterocycles. The zero-order valence-electron chi connectivity index (χ0n) is 7.54. The van der Waals surface area contributed by atoms with Crippen molar-refractivity contribution in [2.45, 2.75) is 0 Å². The Bertz CT molecular complexity index is 428. The van der Waals surface area contributed by atoms with Crippen LogP contribution in [0.15, 0.2) is 30.3 Å². The Morgan fingerprint density at radius 2 is 2.00 bits per heavy atom. The molecular weight excluding hydrogens is 198 g/mol. The molecule has 0 saturated heterocycles. The first-order chi connectivity index (χ1) is 7.17. The normalized spacial score (nSPS) is 10.5. The fraction of sp³-hybridized carbons (Fsp3) is 0. The van der Waals surface area contributed by atoms with Gasteiger partial charge in [-0.1, -0.05) is 0 Å².